The number of benzene rings is 1. The van der Waals surface area contributed by atoms with Crippen LogP contribution in [-0.4, -0.2) is 41.2 Å². The molecule has 1 aromatic carbocycles. The van der Waals surface area contributed by atoms with Gasteiger partial charge in [0.2, 0.25) is 0 Å². The molecule has 24 heavy (non-hydrogen) atoms. The molecule has 0 spiro atoms. The van der Waals surface area contributed by atoms with Gasteiger partial charge in [-0.15, -0.1) is 0 Å². The highest BCUT2D eigenvalue weighted by Crippen LogP contribution is 2.27. The Balaban J connectivity index is 2.07. The number of hydrogen-bond acceptors (Lipinski definition) is 3. The Morgan fingerprint density at radius 2 is 1.96 bits per heavy atom. The van der Waals surface area contributed by atoms with Crippen LogP contribution in [0.4, 0.5) is 19.3 Å². The zero-order chi connectivity index (χ0) is 17.9. The second kappa shape index (κ2) is 7.46. The van der Waals surface area contributed by atoms with Crippen LogP contribution in [0.15, 0.2) is 12.1 Å². The lowest BCUT2D eigenvalue weighted by molar-refractivity contribution is -0.143. The van der Waals surface area contributed by atoms with Gasteiger partial charge in [0, 0.05) is 30.9 Å². The van der Waals surface area contributed by atoms with Crippen molar-refractivity contribution in [2.75, 3.05) is 18.4 Å². The number of rotatable bonds is 4. The van der Waals surface area contributed by atoms with Gasteiger partial charge in [-0.3, -0.25) is 4.79 Å². The van der Waals surface area contributed by atoms with E-state index in [2.05, 4.69) is 5.32 Å². The number of hydrogen-bond donors (Lipinski definition) is 2. The Kier molecular flexibility index (Phi) is 5.58. The summed E-state index contributed by atoms with van der Waals surface area (Å²) in [4.78, 5) is 24.5. The van der Waals surface area contributed by atoms with Gasteiger partial charge in [0.1, 0.15) is 0 Å². The molecule has 132 valence electrons. The number of anilines is 1. The smallest absolute Gasteiger partial charge is 0.321 e. The summed E-state index contributed by atoms with van der Waals surface area (Å²) >= 11 is 0. The number of urea groups is 1. The number of nitrogens with zero attached hydrogens (tertiary/aromatic N) is 1. The number of carboxylic acids is 1. The highest BCUT2D eigenvalue weighted by Gasteiger charge is 2.28. The highest BCUT2D eigenvalue weighted by molar-refractivity contribution is 5.89. The van der Waals surface area contributed by atoms with Crippen molar-refractivity contribution in [1.29, 1.82) is 0 Å². The number of carbonyl (C=O) groups excluding carboxylic acids is 1. The molecule has 1 saturated heterocycles. The molecule has 2 amide bonds. The Hall–Kier alpha value is -2.38. The van der Waals surface area contributed by atoms with Crippen molar-refractivity contribution in [3.8, 4) is 5.75 Å². The fraction of sp³-hybridized carbons (Fsp3) is 0.500. The number of amides is 2. The van der Waals surface area contributed by atoms with Gasteiger partial charge in [-0.05, 0) is 26.7 Å². The second-order valence-corrected chi connectivity index (χ2v) is 5.99. The summed E-state index contributed by atoms with van der Waals surface area (Å²) in [5.74, 6) is -3.91. The first kappa shape index (κ1) is 18.0. The van der Waals surface area contributed by atoms with Gasteiger partial charge < -0.3 is 20.1 Å². The van der Waals surface area contributed by atoms with Crippen molar-refractivity contribution in [3.05, 3.63) is 23.8 Å². The molecule has 1 aliphatic heterocycles. The van der Waals surface area contributed by atoms with Gasteiger partial charge in [0.05, 0.1) is 12.0 Å². The van der Waals surface area contributed by atoms with Gasteiger partial charge >= 0.3 is 12.0 Å². The van der Waals surface area contributed by atoms with E-state index in [0.717, 1.165) is 12.1 Å². The maximum atomic E-state index is 13.9. The molecular formula is C16H20F2N2O4. The van der Waals surface area contributed by atoms with E-state index in [0.29, 0.717) is 19.4 Å². The quantitative estimate of drug-likeness (QED) is 0.881. The minimum absolute atomic E-state index is 0.0523. The molecule has 0 saturated carbocycles. The Morgan fingerprint density at radius 1 is 1.33 bits per heavy atom. The SMILES string of the molecule is CC(C)Oc1c(F)cc(NC(=O)N2CCCC(C(=O)O)C2)cc1F. The van der Waals surface area contributed by atoms with Crippen molar-refractivity contribution in [1.82, 2.24) is 4.90 Å². The Morgan fingerprint density at radius 3 is 2.50 bits per heavy atom. The molecule has 1 aromatic rings. The number of halogens is 2. The summed E-state index contributed by atoms with van der Waals surface area (Å²) in [5, 5.41) is 11.4. The summed E-state index contributed by atoms with van der Waals surface area (Å²) in [6.07, 6.45) is 0.675. The van der Waals surface area contributed by atoms with E-state index in [4.69, 9.17) is 9.84 Å². The molecule has 0 aromatic heterocycles. The number of piperidine rings is 1. The van der Waals surface area contributed by atoms with Crippen molar-refractivity contribution in [3.63, 3.8) is 0 Å². The third kappa shape index (κ3) is 4.33. The normalized spacial score (nSPS) is 17.7. The molecule has 2 rings (SSSR count). The van der Waals surface area contributed by atoms with E-state index in [1.54, 1.807) is 13.8 Å². The number of likely N-dealkylation sites (tertiary alicyclic amines) is 1. The van der Waals surface area contributed by atoms with Gasteiger partial charge in [-0.2, -0.15) is 0 Å². The average molecular weight is 342 g/mol. The first-order valence-corrected chi connectivity index (χ1v) is 7.72. The van der Waals surface area contributed by atoms with Crippen molar-refractivity contribution in [2.24, 2.45) is 5.92 Å². The third-order valence-corrected chi connectivity index (χ3v) is 3.66. The third-order valence-electron chi connectivity index (χ3n) is 3.66. The molecule has 1 atom stereocenters. The molecule has 1 aliphatic rings. The lowest BCUT2D eigenvalue weighted by Gasteiger charge is -2.30. The molecule has 1 fully saturated rings. The predicted octanol–water partition coefficient (Wildman–Crippen LogP) is 3.08. The molecule has 6 nitrogen and oxygen atoms in total. The zero-order valence-corrected chi connectivity index (χ0v) is 13.5. The van der Waals surface area contributed by atoms with E-state index >= 15 is 0 Å². The van der Waals surface area contributed by atoms with Crippen molar-refractivity contribution >= 4 is 17.7 Å². The second-order valence-electron chi connectivity index (χ2n) is 5.99. The molecule has 8 heteroatoms. The Bertz CT molecular complexity index is 613. The molecule has 1 heterocycles. The fourth-order valence-corrected chi connectivity index (χ4v) is 2.55. The lowest BCUT2D eigenvalue weighted by Crippen LogP contribution is -2.44. The topological polar surface area (TPSA) is 78.9 Å². The summed E-state index contributed by atoms with van der Waals surface area (Å²) in [7, 11) is 0. The summed E-state index contributed by atoms with van der Waals surface area (Å²) in [6, 6.07) is 1.35. The monoisotopic (exact) mass is 342 g/mol. The molecular weight excluding hydrogens is 322 g/mol. The van der Waals surface area contributed by atoms with Crippen LogP contribution in [0.2, 0.25) is 0 Å². The molecule has 0 aliphatic carbocycles. The lowest BCUT2D eigenvalue weighted by atomic mass is 9.99. The maximum Gasteiger partial charge on any atom is 0.321 e. The minimum atomic E-state index is -0.959. The molecule has 0 radical (unpaired) electrons. The van der Waals surface area contributed by atoms with E-state index in [9.17, 15) is 18.4 Å². The van der Waals surface area contributed by atoms with Gasteiger partial charge in [-0.1, -0.05) is 0 Å². The summed E-state index contributed by atoms with van der Waals surface area (Å²) in [6.45, 7) is 3.75. The van der Waals surface area contributed by atoms with Crippen LogP contribution in [0, 0.1) is 17.6 Å². The van der Waals surface area contributed by atoms with E-state index < -0.39 is 41.4 Å². The molecule has 1 unspecified atom stereocenters. The highest BCUT2D eigenvalue weighted by atomic mass is 19.1. The summed E-state index contributed by atoms with van der Waals surface area (Å²) in [5.41, 5.74) is -0.0523. The van der Waals surface area contributed by atoms with Crippen LogP contribution in [0.3, 0.4) is 0 Å². The van der Waals surface area contributed by atoms with Crippen LogP contribution < -0.4 is 10.1 Å². The number of carboxylic acid groups (broad SMARTS) is 1. The van der Waals surface area contributed by atoms with Crippen LogP contribution in [0.25, 0.3) is 0 Å². The number of aliphatic carboxylic acids is 1. The predicted molar refractivity (Wildman–Crippen MR) is 83.1 cm³/mol. The summed E-state index contributed by atoms with van der Waals surface area (Å²) < 4.78 is 32.9. The van der Waals surface area contributed by atoms with Crippen LogP contribution in [0.5, 0.6) is 5.75 Å². The zero-order valence-electron chi connectivity index (χ0n) is 13.5. The first-order chi connectivity index (χ1) is 11.3. The van der Waals surface area contributed by atoms with Crippen molar-refractivity contribution in [2.45, 2.75) is 32.8 Å². The van der Waals surface area contributed by atoms with E-state index in [1.807, 2.05) is 0 Å². The minimum Gasteiger partial charge on any atom is -0.485 e. The first-order valence-electron chi connectivity index (χ1n) is 7.72. The molecule has 0 bridgehead atoms. The van der Waals surface area contributed by atoms with Crippen LogP contribution in [-0.2, 0) is 4.79 Å². The van der Waals surface area contributed by atoms with Gasteiger partial charge in [-0.25, -0.2) is 13.6 Å². The number of nitrogens with one attached hydrogen (secondary N) is 1. The van der Waals surface area contributed by atoms with Crippen LogP contribution >= 0.6 is 0 Å². The van der Waals surface area contributed by atoms with Gasteiger partial charge in [0.25, 0.3) is 0 Å². The van der Waals surface area contributed by atoms with E-state index in [-0.39, 0.29) is 12.2 Å². The van der Waals surface area contributed by atoms with E-state index in [1.165, 1.54) is 4.90 Å². The fourth-order valence-electron chi connectivity index (χ4n) is 2.55. The Labute approximate surface area is 138 Å². The van der Waals surface area contributed by atoms with Crippen LogP contribution in [0.1, 0.15) is 26.7 Å². The largest absolute Gasteiger partial charge is 0.485 e. The molecule has 2 N–H and O–H groups in total. The number of ether oxygens (including phenoxy) is 1. The average Bonchev–Trinajstić information content (AvgIpc) is 2.51. The van der Waals surface area contributed by atoms with Gasteiger partial charge in [0.15, 0.2) is 17.4 Å². The standard InChI is InChI=1S/C16H20F2N2O4/c1-9(2)24-14-12(17)6-11(7-13(14)18)19-16(23)20-5-3-4-10(8-20)15(21)22/h6-7,9-10H,3-5,8H2,1-2H3,(H,19,23)(H,21,22). The van der Waals surface area contributed by atoms with Crippen molar-refractivity contribution < 1.29 is 28.2 Å². The number of carbonyl (C=O) groups is 2. The maximum absolute atomic E-state index is 13.9.